The minimum absolute atomic E-state index is 0.000761. The van der Waals surface area contributed by atoms with Gasteiger partial charge in [-0.15, -0.1) is 0 Å². The number of carboxylic acid groups (broad SMARTS) is 1. The molecule has 0 spiro atoms. The number of nitrogens with zero attached hydrogens (tertiary/aromatic N) is 2. The van der Waals surface area contributed by atoms with Crippen LogP contribution in [0.4, 0.5) is 8.78 Å². The normalized spacial score (nSPS) is 10.9. The second kappa shape index (κ2) is 6.39. The van der Waals surface area contributed by atoms with Gasteiger partial charge in [0.1, 0.15) is 29.6 Å². The molecule has 0 atom stereocenters. The maximum atomic E-state index is 13.7. The van der Waals surface area contributed by atoms with E-state index >= 15 is 0 Å². The maximum Gasteiger partial charge on any atom is 0.339 e. The minimum atomic E-state index is -1.15. The number of hydrogen-bond donors (Lipinski definition) is 1. The fraction of sp³-hybridized carbons (Fsp3) is 0.176. The van der Waals surface area contributed by atoms with Gasteiger partial charge < -0.3 is 14.6 Å². The highest BCUT2D eigenvalue weighted by molar-refractivity contribution is 5.97. The van der Waals surface area contributed by atoms with Gasteiger partial charge in [0, 0.05) is 12.1 Å². The van der Waals surface area contributed by atoms with Crippen molar-refractivity contribution in [2.75, 3.05) is 7.11 Å². The predicted molar refractivity (Wildman–Crippen MR) is 84.1 cm³/mol. The van der Waals surface area contributed by atoms with Crippen LogP contribution in [0.2, 0.25) is 0 Å². The van der Waals surface area contributed by atoms with E-state index in [2.05, 4.69) is 5.10 Å². The number of methoxy groups -OCH3 is 1. The van der Waals surface area contributed by atoms with E-state index < -0.39 is 17.6 Å². The molecular formula is C17H14F2N2O4. The molecule has 0 bridgehead atoms. The lowest BCUT2D eigenvalue weighted by atomic mass is 10.2. The monoisotopic (exact) mass is 348 g/mol. The van der Waals surface area contributed by atoms with Crippen LogP contribution in [0.5, 0.6) is 11.6 Å². The molecule has 3 rings (SSSR count). The van der Waals surface area contributed by atoms with Crippen LogP contribution in [0.15, 0.2) is 30.3 Å². The van der Waals surface area contributed by atoms with Crippen LogP contribution in [0, 0.1) is 18.6 Å². The van der Waals surface area contributed by atoms with E-state index in [0.29, 0.717) is 5.75 Å². The highest BCUT2D eigenvalue weighted by Gasteiger charge is 2.20. The van der Waals surface area contributed by atoms with Crippen molar-refractivity contribution in [3.63, 3.8) is 0 Å². The van der Waals surface area contributed by atoms with E-state index in [-0.39, 0.29) is 34.8 Å². The van der Waals surface area contributed by atoms with Crippen molar-refractivity contribution in [1.82, 2.24) is 9.61 Å². The first-order valence-corrected chi connectivity index (χ1v) is 7.28. The van der Waals surface area contributed by atoms with Gasteiger partial charge in [0.15, 0.2) is 0 Å². The standard InChI is InChI=1S/C17H14F2N2O4/c1-9-16(17(22)23)14-6-10(24-2)7-15(21(14)20-9)25-8-11-12(18)4-3-5-13(11)19/h3-7H,8H2,1-2H3,(H,22,23). The zero-order chi connectivity index (χ0) is 18.1. The number of pyridine rings is 1. The van der Waals surface area contributed by atoms with Crippen molar-refractivity contribution < 1.29 is 28.2 Å². The summed E-state index contributed by atoms with van der Waals surface area (Å²) in [6.45, 7) is 1.16. The molecule has 2 heterocycles. The number of halogens is 2. The van der Waals surface area contributed by atoms with Crippen LogP contribution in [0.25, 0.3) is 5.52 Å². The van der Waals surface area contributed by atoms with E-state index in [9.17, 15) is 18.7 Å². The second-order valence-electron chi connectivity index (χ2n) is 5.28. The molecule has 3 aromatic rings. The van der Waals surface area contributed by atoms with Crippen LogP contribution in [-0.2, 0) is 6.61 Å². The Balaban J connectivity index is 2.06. The Morgan fingerprint density at radius 2 is 1.96 bits per heavy atom. The van der Waals surface area contributed by atoms with Gasteiger partial charge in [-0.25, -0.2) is 13.6 Å². The number of benzene rings is 1. The lowest BCUT2D eigenvalue weighted by Gasteiger charge is -2.11. The Labute approximate surface area is 141 Å². The largest absolute Gasteiger partial charge is 0.496 e. The molecular weight excluding hydrogens is 334 g/mol. The smallest absolute Gasteiger partial charge is 0.339 e. The lowest BCUT2D eigenvalue weighted by Crippen LogP contribution is -2.06. The molecule has 0 radical (unpaired) electrons. The molecule has 1 N–H and O–H groups in total. The summed E-state index contributed by atoms with van der Waals surface area (Å²) in [4.78, 5) is 11.4. The van der Waals surface area contributed by atoms with Gasteiger partial charge in [-0.05, 0) is 19.1 Å². The van der Waals surface area contributed by atoms with Gasteiger partial charge in [0.05, 0.1) is 23.9 Å². The van der Waals surface area contributed by atoms with Gasteiger partial charge in [-0.1, -0.05) is 6.07 Å². The van der Waals surface area contributed by atoms with Crippen LogP contribution in [0.1, 0.15) is 21.6 Å². The van der Waals surface area contributed by atoms with Gasteiger partial charge in [-0.3, -0.25) is 0 Å². The molecule has 2 aromatic heterocycles. The molecule has 0 aliphatic heterocycles. The summed E-state index contributed by atoms with van der Waals surface area (Å²) in [6, 6.07) is 6.48. The van der Waals surface area contributed by atoms with Crippen molar-refractivity contribution >= 4 is 11.5 Å². The van der Waals surface area contributed by atoms with Gasteiger partial charge in [0.25, 0.3) is 0 Å². The van der Waals surface area contributed by atoms with Crippen molar-refractivity contribution in [3.8, 4) is 11.6 Å². The van der Waals surface area contributed by atoms with E-state index in [1.165, 1.54) is 29.8 Å². The number of carbonyl (C=O) groups is 1. The van der Waals surface area contributed by atoms with Gasteiger partial charge in [0.2, 0.25) is 5.88 Å². The fourth-order valence-electron chi connectivity index (χ4n) is 2.51. The highest BCUT2D eigenvalue weighted by atomic mass is 19.1. The molecule has 0 saturated heterocycles. The topological polar surface area (TPSA) is 73.1 Å². The molecule has 6 nitrogen and oxygen atoms in total. The Hall–Kier alpha value is -3.16. The summed E-state index contributed by atoms with van der Waals surface area (Å²) in [6.07, 6.45) is 0. The quantitative estimate of drug-likeness (QED) is 0.766. The average Bonchev–Trinajstić information content (AvgIpc) is 2.90. The lowest BCUT2D eigenvalue weighted by molar-refractivity contribution is 0.0698. The zero-order valence-corrected chi connectivity index (χ0v) is 13.4. The minimum Gasteiger partial charge on any atom is -0.496 e. The van der Waals surface area contributed by atoms with Crippen LogP contribution < -0.4 is 9.47 Å². The zero-order valence-electron chi connectivity index (χ0n) is 13.4. The molecule has 1 aromatic carbocycles. The third-order valence-electron chi connectivity index (χ3n) is 3.73. The SMILES string of the molecule is COc1cc(OCc2c(F)cccc2F)n2nc(C)c(C(=O)O)c2c1. The Morgan fingerprint density at radius 1 is 1.28 bits per heavy atom. The van der Waals surface area contributed by atoms with Crippen molar-refractivity contribution in [2.24, 2.45) is 0 Å². The Kier molecular flexibility index (Phi) is 4.26. The number of aromatic nitrogens is 2. The van der Waals surface area contributed by atoms with Gasteiger partial charge >= 0.3 is 5.97 Å². The third-order valence-corrected chi connectivity index (χ3v) is 3.73. The Morgan fingerprint density at radius 3 is 2.56 bits per heavy atom. The molecule has 0 unspecified atom stereocenters. The van der Waals surface area contributed by atoms with E-state index in [1.54, 1.807) is 6.92 Å². The number of rotatable bonds is 5. The first-order chi connectivity index (χ1) is 11.9. The van der Waals surface area contributed by atoms with Gasteiger partial charge in [-0.2, -0.15) is 9.61 Å². The molecule has 0 fully saturated rings. The molecule has 8 heteroatoms. The summed E-state index contributed by atoms with van der Waals surface area (Å²) in [5, 5.41) is 13.5. The molecule has 25 heavy (non-hydrogen) atoms. The summed E-state index contributed by atoms with van der Waals surface area (Å²) >= 11 is 0. The van der Waals surface area contributed by atoms with Crippen molar-refractivity contribution in [2.45, 2.75) is 13.5 Å². The maximum absolute atomic E-state index is 13.7. The Bertz CT molecular complexity index is 949. The molecule has 0 saturated carbocycles. The molecule has 0 aliphatic carbocycles. The van der Waals surface area contributed by atoms with Crippen molar-refractivity contribution in [1.29, 1.82) is 0 Å². The number of ether oxygens (including phenoxy) is 2. The summed E-state index contributed by atoms with van der Waals surface area (Å²) in [7, 11) is 1.41. The van der Waals surface area contributed by atoms with Crippen LogP contribution in [-0.4, -0.2) is 27.8 Å². The summed E-state index contributed by atoms with van der Waals surface area (Å²) in [5.41, 5.74) is 0.303. The van der Waals surface area contributed by atoms with E-state index in [1.807, 2.05) is 0 Å². The number of aryl methyl sites for hydroxylation is 1. The number of hydrogen-bond acceptors (Lipinski definition) is 4. The number of aromatic carboxylic acids is 1. The fourth-order valence-corrected chi connectivity index (χ4v) is 2.51. The first-order valence-electron chi connectivity index (χ1n) is 7.28. The average molecular weight is 348 g/mol. The molecule has 0 aliphatic rings. The first kappa shape index (κ1) is 16.7. The number of carboxylic acids is 1. The highest BCUT2D eigenvalue weighted by Crippen LogP contribution is 2.28. The van der Waals surface area contributed by atoms with E-state index in [0.717, 1.165) is 12.1 Å². The number of fused-ring (bicyclic) bond motifs is 1. The predicted octanol–water partition coefficient (Wildman–Crippen LogP) is 3.21. The summed E-state index contributed by atoms with van der Waals surface area (Å²) in [5.74, 6) is -2.18. The third kappa shape index (κ3) is 2.98. The van der Waals surface area contributed by atoms with Crippen LogP contribution in [0.3, 0.4) is 0 Å². The molecule has 130 valence electrons. The molecule has 0 amide bonds. The van der Waals surface area contributed by atoms with Crippen LogP contribution >= 0.6 is 0 Å². The van der Waals surface area contributed by atoms with E-state index in [4.69, 9.17) is 9.47 Å². The summed E-state index contributed by atoms with van der Waals surface area (Å²) < 4.78 is 39.4. The van der Waals surface area contributed by atoms with Crippen molar-refractivity contribution in [3.05, 3.63) is 58.8 Å². The second-order valence-corrected chi connectivity index (χ2v) is 5.28.